The van der Waals surface area contributed by atoms with Crippen molar-refractivity contribution < 1.29 is 23.2 Å². The maximum absolute atomic E-state index is 12.7. The molecular formula is C20H13ClN2O5. The van der Waals surface area contributed by atoms with Crippen molar-refractivity contribution in [1.29, 1.82) is 0 Å². The van der Waals surface area contributed by atoms with Gasteiger partial charge in [0, 0.05) is 10.6 Å². The number of nitrogens with one attached hydrogen (secondary N) is 1. The van der Waals surface area contributed by atoms with Crippen LogP contribution in [0.4, 0.5) is 4.79 Å². The average molecular weight is 397 g/mol. The molecule has 1 saturated heterocycles. The predicted molar refractivity (Wildman–Crippen MR) is 99.9 cm³/mol. The second-order valence-corrected chi connectivity index (χ2v) is 6.44. The summed E-state index contributed by atoms with van der Waals surface area (Å²) < 4.78 is 10.9. The highest BCUT2D eigenvalue weighted by atomic mass is 35.5. The van der Waals surface area contributed by atoms with Gasteiger partial charge in [-0.25, -0.2) is 4.79 Å². The van der Waals surface area contributed by atoms with Crippen molar-refractivity contribution in [3.8, 4) is 11.3 Å². The van der Waals surface area contributed by atoms with Gasteiger partial charge in [-0.3, -0.25) is 19.8 Å². The van der Waals surface area contributed by atoms with E-state index in [0.29, 0.717) is 22.3 Å². The molecule has 1 N–H and O–H groups in total. The number of amides is 4. The highest BCUT2D eigenvalue weighted by Gasteiger charge is 2.36. The highest BCUT2D eigenvalue weighted by molar-refractivity contribution is 6.31. The molecule has 2 aromatic heterocycles. The molecule has 1 aromatic carbocycles. The van der Waals surface area contributed by atoms with E-state index in [0.717, 1.165) is 10.5 Å². The van der Waals surface area contributed by atoms with E-state index in [1.165, 1.54) is 12.3 Å². The molecule has 0 spiro atoms. The van der Waals surface area contributed by atoms with Gasteiger partial charge in [-0.1, -0.05) is 23.7 Å². The lowest BCUT2D eigenvalue weighted by Crippen LogP contribution is -2.53. The molecule has 1 fully saturated rings. The van der Waals surface area contributed by atoms with Crippen molar-refractivity contribution in [1.82, 2.24) is 10.2 Å². The molecule has 0 bridgehead atoms. The van der Waals surface area contributed by atoms with Gasteiger partial charge in [0.15, 0.2) is 0 Å². The number of carbonyl (C=O) groups is 3. The second-order valence-electron chi connectivity index (χ2n) is 6.00. The van der Waals surface area contributed by atoms with Gasteiger partial charge in [0.05, 0.1) is 12.8 Å². The molecule has 4 rings (SSSR count). The summed E-state index contributed by atoms with van der Waals surface area (Å²) in [5.74, 6) is -0.280. The number of hydrogen-bond acceptors (Lipinski definition) is 5. The number of benzene rings is 1. The number of rotatable bonds is 4. The zero-order chi connectivity index (χ0) is 19.7. The zero-order valence-corrected chi connectivity index (χ0v) is 15.1. The summed E-state index contributed by atoms with van der Waals surface area (Å²) in [7, 11) is 0. The summed E-state index contributed by atoms with van der Waals surface area (Å²) in [6.45, 7) is -0.0891. The molecule has 0 atom stereocenters. The Bertz CT molecular complexity index is 1100. The Morgan fingerprint density at radius 2 is 1.93 bits per heavy atom. The van der Waals surface area contributed by atoms with Crippen molar-refractivity contribution >= 4 is 35.5 Å². The van der Waals surface area contributed by atoms with Crippen LogP contribution in [-0.4, -0.2) is 22.7 Å². The standard InChI is InChI=1S/C20H13ClN2O5/c21-13-4-1-3-12(9-13)17-7-6-14(28-17)10-16-18(24)22-20(26)23(19(16)25)11-15-5-2-8-27-15/h1-10H,11H2,(H,22,24,26). The fraction of sp³-hybridized carbons (Fsp3) is 0.0500. The Morgan fingerprint density at radius 1 is 1.07 bits per heavy atom. The molecule has 3 heterocycles. The summed E-state index contributed by atoms with van der Waals surface area (Å²) in [6.07, 6.45) is 2.73. The van der Waals surface area contributed by atoms with E-state index in [1.807, 2.05) is 6.07 Å². The number of nitrogens with zero attached hydrogens (tertiary/aromatic N) is 1. The van der Waals surface area contributed by atoms with Crippen molar-refractivity contribution in [2.75, 3.05) is 0 Å². The molecule has 3 aromatic rings. The van der Waals surface area contributed by atoms with Gasteiger partial charge in [-0.05, 0) is 42.5 Å². The van der Waals surface area contributed by atoms with Crippen molar-refractivity contribution in [2.45, 2.75) is 6.54 Å². The van der Waals surface area contributed by atoms with E-state index in [2.05, 4.69) is 5.32 Å². The number of urea groups is 1. The van der Waals surface area contributed by atoms with Crippen LogP contribution in [0.5, 0.6) is 0 Å². The fourth-order valence-electron chi connectivity index (χ4n) is 2.77. The summed E-state index contributed by atoms with van der Waals surface area (Å²) in [6, 6.07) is 12.9. The molecule has 1 aliphatic rings. The van der Waals surface area contributed by atoms with Gasteiger partial charge in [-0.15, -0.1) is 0 Å². The van der Waals surface area contributed by atoms with E-state index in [1.54, 1.807) is 42.5 Å². The first-order valence-corrected chi connectivity index (χ1v) is 8.66. The number of imide groups is 2. The van der Waals surface area contributed by atoms with E-state index >= 15 is 0 Å². The summed E-state index contributed by atoms with van der Waals surface area (Å²) in [5, 5.41) is 2.70. The average Bonchev–Trinajstić information content (AvgIpc) is 3.34. The molecule has 140 valence electrons. The quantitative estimate of drug-likeness (QED) is 0.534. The van der Waals surface area contributed by atoms with Crippen LogP contribution in [0.15, 0.2) is 69.2 Å². The third-order valence-corrected chi connectivity index (χ3v) is 4.34. The highest BCUT2D eigenvalue weighted by Crippen LogP contribution is 2.26. The topological polar surface area (TPSA) is 92.8 Å². The smallest absolute Gasteiger partial charge is 0.331 e. The Hall–Kier alpha value is -3.58. The van der Waals surface area contributed by atoms with Crippen LogP contribution in [-0.2, 0) is 16.1 Å². The monoisotopic (exact) mass is 396 g/mol. The number of furan rings is 2. The second kappa shape index (κ2) is 7.21. The molecular weight excluding hydrogens is 384 g/mol. The Labute approximate surface area is 164 Å². The lowest BCUT2D eigenvalue weighted by atomic mass is 10.1. The number of carbonyl (C=O) groups excluding carboxylic acids is 3. The third-order valence-electron chi connectivity index (χ3n) is 4.10. The van der Waals surface area contributed by atoms with Crippen molar-refractivity contribution in [2.24, 2.45) is 0 Å². The van der Waals surface area contributed by atoms with Gasteiger partial charge in [0.25, 0.3) is 11.8 Å². The normalized spacial score (nSPS) is 16.0. The molecule has 0 unspecified atom stereocenters. The van der Waals surface area contributed by atoms with Gasteiger partial charge in [0.1, 0.15) is 22.9 Å². The van der Waals surface area contributed by atoms with Crippen LogP contribution < -0.4 is 5.32 Å². The van der Waals surface area contributed by atoms with E-state index in [4.69, 9.17) is 20.4 Å². The Balaban J connectivity index is 1.62. The van der Waals surface area contributed by atoms with Crippen LogP contribution in [0.2, 0.25) is 5.02 Å². The summed E-state index contributed by atoms with van der Waals surface area (Å²) >= 11 is 5.99. The minimum atomic E-state index is -0.803. The Kier molecular flexibility index (Phi) is 4.58. The molecule has 0 saturated carbocycles. The minimum absolute atomic E-state index is 0.0891. The van der Waals surface area contributed by atoms with Crippen LogP contribution >= 0.6 is 11.6 Å². The van der Waals surface area contributed by atoms with E-state index < -0.39 is 17.8 Å². The van der Waals surface area contributed by atoms with Crippen molar-refractivity contribution in [3.63, 3.8) is 0 Å². The molecule has 0 aliphatic carbocycles. The zero-order valence-electron chi connectivity index (χ0n) is 14.3. The molecule has 0 radical (unpaired) electrons. The minimum Gasteiger partial charge on any atom is -0.467 e. The lowest BCUT2D eigenvalue weighted by molar-refractivity contribution is -0.130. The predicted octanol–water partition coefficient (Wildman–Crippen LogP) is 3.86. The Morgan fingerprint density at radius 3 is 2.68 bits per heavy atom. The molecule has 1 aliphatic heterocycles. The van der Waals surface area contributed by atoms with Gasteiger partial charge < -0.3 is 8.83 Å². The fourth-order valence-corrected chi connectivity index (χ4v) is 2.96. The maximum atomic E-state index is 12.7. The SMILES string of the molecule is O=C1NC(=O)N(Cc2ccco2)C(=O)C1=Cc1ccc(-c2cccc(Cl)c2)o1. The molecule has 7 nitrogen and oxygen atoms in total. The van der Waals surface area contributed by atoms with Gasteiger partial charge in [0.2, 0.25) is 0 Å². The molecule has 8 heteroatoms. The number of halogens is 1. The van der Waals surface area contributed by atoms with Crippen molar-refractivity contribution in [3.05, 3.63) is 76.9 Å². The summed E-state index contributed by atoms with van der Waals surface area (Å²) in [5.41, 5.74) is 0.546. The van der Waals surface area contributed by atoms with Crippen LogP contribution in [0.3, 0.4) is 0 Å². The lowest BCUT2D eigenvalue weighted by Gasteiger charge is -2.25. The third kappa shape index (κ3) is 3.47. The molecule has 28 heavy (non-hydrogen) atoms. The maximum Gasteiger partial charge on any atom is 0.331 e. The first-order valence-electron chi connectivity index (χ1n) is 8.28. The summed E-state index contributed by atoms with van der Waals surface area (Å²) in [4.78, 5) is 37.8. The number of barbiturate groups is 1. The van der Waals surface area contributed by atoms with Crippen LogP contribution in [0.25, 0.3) is 17.4 Å². The van der Waals surface area contributed by atoms with Gasteiger partial charge >= 0.3 is 6.03 Å². The van der Waals surface area contributed by atoms with E-state index in [9.17, 15) is 14.4 Å². The number of hydrogen-bond donors (Lipinski definition) is 1. The first kappa shape index (κ1) is 17.8. The largest absolute Gasteiger partial charge is 0.467 e. The van der Waals surface area contributed by atoms with E-state index in [-0.39, 0.29) is 12.1 Å². The van der Waals surface area contributed by atoms with Crippen LogP contribution in [0, 0.1) is 0 Å². The molecule has 4 amide bonds. The first-order chi connectivity index (χ1) is 13.5. The van der Waals surface area contributed by atoms with Gasteiger partial charge in [-0.2, -0.15) is 0 Å². The van der Waals surface area contributed by atoms with Crippen LogP contribution in [0.1, 0.15) is 11.5 Å².